The predicted octanol–water partition coefficient (Wildman–Crippen LogP) is 3.16. The van der Waals surface area contributed by atoms with E-state index in [1.165, 1.54) is 5.56 Å². The molecule has 0 spiro atoms. The van der Waals surface area contributed by atoms with Gasteiger partial charge in [-0.1, -0.05) is 19.1 Å². The molecule has 0 bridgehead atoms. The Morgan fingerprint density at radius 1 is 1.26 bits per heavy atom. The van der Waals surface area contributed by atoms with E-state index in [4.69, 9.17) is 9.47 Å². The van der Waals surface area contributed by atoms with Crippen LogP contribution >= 0.6 is 0 Å². The number of ether oxygens (including phenoxy) is 2. The minimum atomic E-state index is 0.420. The Bertz CT molecular complexity index is 358. The van der Waals surface area contributed by atoms with E-state index >= 15 is 0 Å². The Morgan fingerprint density at radius 3 is 2.53 bits per heavy atom. The summed E-state index contributed by atoms with van der Waals surface area (Å²) in [4.78, 5) is 0. The molecule has 1 aromatic carbocycles. The van der Waals surface area contributed by atoms with Crippen molar-refractivity contribution in [3.63, 3.8) is 0 Å². The van der Waals surface area contributed by atoms with Gasteiger partial charge in [0.2, 0.25) is 0 Å². The van der Waals surface area contributed by atoms with Crippen molar-refractivity contribution in [2.75, 3.05) is 26.9 Å². The Hall–Kier alpha value is -1.06. The van der Waals surface area contributed by atoms with Crippen LogP contribution in [0, 0.1) is 5.92 Å². The molecule has 0 amide bonds. The zero-order chi connectivity index (χ0) is 13.5. The van der Waals surface area contributed by atoms with Gasteiger partial charge in [0, 0.05) is 19.3 Å². The van der Waals surface area contributed by atoms with Crippen molar-refractivity contribution in [1.82, 2.24) is 5.32 Å². The Balaban J connectivity index is 2.01. The highest BCUT2D eigenvalue weighted by molar-refractivity contribution is 5.29. The number of benzene rings is 1. The standard InChI is InChI=1S/C16H25NO2/c1-3-10-19-15-6-4-13(5-7-15)16(17-2)14-8-11-18-12-9-14/h4-7,14,16-17H,3,8-12H2,1-2H3. The van der Waals surface area contributed by atoms with E-state index in [0.29, 0.717) is 12.0 Å². The van der Waals surface area contributed by atoms with E-state index in [1.807, 2.05) is 7.05 Å². The van der Waals surface area contributed by atoms with Gasteiger partial charge >= 0.3 is 0 Å². The van der Waals surface area contributed by atoms with Gasteiger partial charge in [-0.2, -0.15) is 0 Å². The monoisotopic (exact) mass is 263 g/mol. The lowest BCUT2D eigenvalue weighted by atomic mass is 9.87. The van der Waals surface area contributed by atoms with Gasteiger partial charge in [0.15, 0.2) is 0 Å². The van der Waals surface area contributed by atoms with E-state index in [0.717, 1.165) is 44.8 Å². The van der Waals surface area contributed by atoms with E-state index in [1.54, 1.807) is 0 Å². The quantitative estimate of drug-likeness (QED) is 0.855. The van der Waals surface area contributed by atoms with Crippen LogP contribution in [0.25, 0.3) is 0 Å². The van der Waals surface area contributed by atoms with Crippen molar-refractivity contribution in [2.45, 2.75) is 32.2 Å². The lowest BCUT2D eigenvalue weighted by Crippen LogP contribution is -2.29. The van der Waals surface area contributed by atoms with Gasteiger partial charge in [0.05, 0.1) is 6.61 Å². The van der Waals surface area contributed by atoms with Crippen LogP contribution in [-0.2, 0) is 4.74 Å². The fourth-order valence-corrected chi connectivity index (χ4v) is 2.71. The van der Waals surface area contributed by atoms with Crippen LogP contribution in [0.3, 0.4) is 0 Å². The molecule has 106 valence electrons. The highest BCUT2D eigenvalue weighted by atomic mass is 16.5. The number of nitrogens with one attached hydrogen (secondary N) is 1. The van der Waals surface area contributed by atoms with Crippen LogP contribution in [0.15, 0.2) is 24.3 Å². The molecule has 1 atom stereocenters. The van der Waals surface area contributed by atoms with E-state index in [2.05, 4.69) is 36.5 Å². The minimum Gasteiger partial charge on any atom is -0.494 e. The summed E-state index contributed by atoms with van der Waals surface area (Å²) in [6.07, 6.45) is 3.32. The summed E-state index contributed by atoms with van der Waals surface area (Å²) in [6, 6.07) is 8.94. The number of hydrogen-bond donors (Lipinski definition) is 1. The number of hydrogen-bond acceptors (Lipinski definition) is 3. The predicted molar refractivity (Wildman–Crippen MR) is 77.6 cm³/mol. The van der Waals surface area contributed by atoms with Gasteiger partial charge in [-0.3, -0.25) is 0 Å². The van der Waals surface area contributed by atoms with Gasteiger partial charge in [-0.05, 0) is 49.9 Å². The maximum Gasteiger partial charge on any atom is 0.119 e. The molecule has 0 aromatic heterocycles. The van der Waals surface area contributed by atoms with Crippen LogP contribution in [0.2, 0.25) is 0 Å². The Morgan fingerprint density at radius 2 is 1.95 bits per heavy atom. The summed E-state index contributed by atoms with van der Waals surface area (Å²) >= 11 is 0. The average Bonchev–Trinajstić information content (AvgIpc) is 2.48. The van der Waals surface area contributed by atoms with Crippen LogP contribution in [-0.4, -0.2) is 26.9 Å². The first kappa shape index (κ1) is 14.4. The van der Waals surface area contributed by atoms with E-state index in [-0.39, 0.29) is 0 Å². The molecule has 1 aliphatic heterocycles. The van der Waals surface area contributed by atoms with Crippen molar-refractivity contribution >= 4 is 0 Å². The smallest absolute Gasteiger partial charge is 0.119 e. The zero-order valence-corrected chi connectivity index (χ0v) is 12.0. The van der Waals surface area contributed by atoms with Crippen LogP contribution in [0.1, 0.15) is 37.8 Å². The molecule has 1 saturated heterocycles. The SMILES string of the molecule is CCCOc1ccc(C(NC)C2CCOCC2)cc1. The summed E-state index contributed by atoms with van der Waals surface area (Å²) in [5, 5.41) is 3.45. The molecule has 19 heavy (non-hydrogen) atoms. The normalized spacial score (nSPS) is 18.2. The first-order valence-electron chi connectivity index (χ1n) is 7.33. The third-order valence-corrected chi connectivity index (χ3v) is 3.76. The van der Waals surface area contributed by atoms with Gasteiger partial charge in [0.25, 0.3) is 0 Å². The molecule has 1 N–H and O–H groups in total. The zero-order valence-electron chi connectivity index (χ0n) is 12.0. The van der Waals surface area contributed by atoms with E-state index < -0.39 is 0 Å². The molecule has 1 unspecified atom stereocenters. The van der Waals surface area contributed by atoms with Gasteiger partial charge in [-0.15, -0.1) is 0 Å². The maximum absolute atomic E-state index is 5.63. The van der Waals surface area contributed by atoms with Gasteiger partial charge in [0.1, 0.15) is 5.75 Å². The molecule has 0 saturated carbocycles. The fourth-order valence-electron chi connectivity index (χ4n) is 2.71. The number of rotatable bonds is 6. The average molecular weight is 263 g/mol. The van der Waals surface area contributed by atoms with Crippen molar-refractivity contribution in [1.29, 1.82) is 0 Å². The molecule has 0 aliphatic carbocycles. The lowest BCUT2D eigenvalue weighted by Gasteiger charge is -2.30. The Kier molecular flexibility index (Phi) is 5.67. The van der Waals surface area contributed by atoms with Crippen molar-refractivity contribution in [3.8, 4) is 5.75 Å². The molecule has 1 aliphatic rings. The first-order valence-corrected chi connectivity index (χ1v) is 7.33. The minimum absolute atomic E-state index is 0.420. The summed E-state index contributed by atoms with van der Waals surface area (Å²) in [5.74, 6) is 1.63. The fraction of sp³-hybridized carbons (Fsp3) is 0.625. The Labute approximate surface area is 116 Å². The van der Waals surface area contributed by atoms with Crippen LogP contribution < -0.4 is 10.1 Å². The summed E-state index contributed by atoms with van der Waals surface area (Å²) in [7, 11) is 2.04. The van der Waals surface area contributed by atoms with Gasteiger partial charge in [-0.25, -0.2) is 0 Å². The largest absolute Gasteiger partial charge is 0.494 e. The van der Waals surface area contributed by atoms with Crippen molar-refractivity contribution in [2.24, 2.45) is 5.92 Å². The van der Waals surface area contributed by atoms with Gasteiger partial charge < -0.3 is 14.8 Å². The molecule has 3 heteroatoms. The highest BCUT2D eigenvalue weighted by Crippen LogP contribution is 2.30. The molecule has 1 aromatic rings. The van der Waals surface area contributed by atoms with Crippen molar-refractivity contribution < 1.29 is 9.47 Å². The molecule has 1 fully saturated rings. The van der Waals surface area contributed by atoms with Crippen molar-refractivity contribution in [3.05, 3.63) is 29.8 Å². The molecule has 2 rings (SSSR count). The molecule has 1 heterocycles. The second-order valence-corrected chi connectivity index (χ2v) is 5.13. The maximum atomic E-state index is 5.63. The second kappa shape index (κ2) is 7.51. The molecular formula is C16H25NO2. The molecule has 0 radical (unpaired) electrons. The third kappa shape index (κ3) is 3.95. The highest BCUT2D eigenvalue weighted by Gasteiger charge is 2.23. The molecular weight excluding hydrogens is 238 g/mol. The third-order valence-electron chi connectivity index (χ3n) is 3.76. The summed E-state index contributed by atoms with van der Waals surface area (Å²) in [5.41, 5.74) is 1.35. The summed E-state index contributed by atoms with van der Waals surface area (Å²) in [6.45, 7) is 4.69. The van der Waals surface area contributed by atoms with Crippen LogP contribution in [0.5, 0.6) is 5.75 Å². The topological polar surface area (TPSA) is 30.5 Å². The van der Waals surface area contributed by atoms with Crippen LogP contribution in [0.4, 0.5) is 0 Å². The first-order chi connectivity index (χ1) is 9.35. The second-order valence-electron chi connectivity index (χ2n) is 5.13. The van der Waals surface area contributed by atoms with E-state index in [9.17, 15) is 0 Å². The lowest BCUT2D eigenvalue weighted by molar-refractivity contribution is 0.0546. The summed E-state index contributed by atoms with van der Waals surface area (Å²) < 4.78 is 11.1. The molecule has 3 nitrogen and oxygen atoms in total.